The number of aliphatic carboxylic acids is 1. The molecule has 0 amide bonds. The maximum atomic E-state index is 13.1. The molecule has 0 atom stereocenters. The van der Waals surface area contributed by atoms with E-state index in [0.717, 1.165) is 0 Å². The number of rotatable bonds is 4. The molecule has 0 spiro atoms. The largest absolute Gasteiger partial charge is 0.497 e. The van der Waals surface area contributed by atoms with Gasteiger partial charge in [0, 0.05) is 21.7 Å². The molecule has 0 fully saturated rings. The van der Waals surface area contributed by atoms with Crippen LogP contribution in [0.25, 0.3) is 12.3 Å². The Morgan fingerprint density at radius 1 is 1.24 bits per heavy atom. The van der Waals surface area contributed by atoms with Gasteiger partial charge in [-0.05, 0) is 55.0 Å². The standard InChI is InChI=1S/C19H16ClNO4/c1-11-15(10-18(22)23)16-9-14(25-2)7-8-17(16)21(11)19(24)12-3-5-13(20)6-4-12/h3-9H,10H2,1-2H3,(H,22,23)/i/hD. The molecular formula is C19H16ClNO4. The number of hydrogen-bond donors (Lipinski definition) is 1. The number of methoxy groups -OCH3 is 1. The molecule has 0 unspecified atom stereocenters. The molecule has 5 nitrogen and oxygen atoms in total. The zero-order valence-electron chi connectivity index (χ0n) is 14.7. The van der Waals surface area contributed by atoms with Gasteiger partial charge in [0.25, 0.3) is 7.34 Å². The molecule has 1 heterocycles. The van der Waals surface area contributed by atoms with Crippen molar-refractivity contribution in [3.05, 3.63) is 64.3 Å². The normalized spacial score (nSPS) is 11.2. The van der Waals surface area contributed by atoms with E-state index in [0.29, 0.717) is 38.5 Å². The first-order valence-electron chi connectivity index (χ1n) is 8.01. The Morgan fingerprint density at radius 2 is 1.96 bits per heavy atom. The van der Waals surface area contributed by atoms with Gasteiger partial charge in [-0.3, -0.25) is 14.2 Å². The van der Waals surface area contributed by atoms with E-state index in [2.05, 4.69) is 5.11 Å². The van der Waals surface area contributed by atoms with E-state index in [-0.39, 0.29) is 12.3 Å². The van der Waals surface area contributed by atoms with Crippen LogP contribution in [-0.2, 0) is 11.2 Å². The van der Waals surface area contributed by atoms with Crippen LogP contribution in [0.4, 0.5) is 0 Å². The fourth-order valence-electron chi connectivity index (χ4n) is 2.94. The lowest BCUT2D eigenvalue weighted by Gasteiger charge is -2.08. The number of ether oxygens (including phenoxy) is 1. The number of fused-ring (bicyclic) bond motifs is 1. The van der Waals surface area contributed by atoms with Crippen molar-refractivity contribution in [1.82, 2.24) is 4.57 Å². The van der Waals surface area contributed by atoms with Gasteiger partial charge in [-0.15, -0.1) is 0 Å². The molecular weight excluding hydrogens is 342 g/mol. The highest BCUT2D eigenvalue weighted by Crippen LogP contribution is 2.30. The summed E-state index contributed by atoms with van der Waals surface area (Å²) in [7, 11) is 1.54. The summed E-state index contributed by atoms with van der Waals surface area (Å²) in [6.45, 7) is 1.76. The lowest BCUT2D eigenvalue weighted by Crippen LogP contribution is -2.14. The van der Waals surface area contributed by atoms with Crippen molar-refractivity contribution in [1.29, 1.82) is 1.43 Å². The van der Waals surface area contributed by atoms with E-state index < -0.39 is 5.97 Å². The first-order valence-corrected chi connectivity index (χ1v) is 7.98. The van der Waals surface area contributed by atoms with Crippen LogP contribution in [0.5, 0.6) is 5.75 Å². The SMILES string of the molecule is [2H]OC(=O)Cc1c(C)n(C(=O)c2ccc(Cl)cc2)c2ccc(OC)cc12. The Kier molecular flexibility index (Phi) is 4.15. The minimum atomic E-state index is -0.700. The van der Waals surface area contributed by atoms with Crippen LogP contribution in [0.1, 0.15) is 21.6 Å². The number of carboxylic acid groups (broad SMARTS) is 1. The lowest BCUT2D eigenvalue weighted by atomic mass is 10.1. The molecule has 1 aromatic heterocycles. The Labute approximate surface area is 150 Å². The zero-order valence-corrected chi connectivity index (χ0v) is 14.5. The third-order valence-corrected chi connectivity index (χ3v) is 4.41. The maximum Gasteiger partial charge on any atom is 0.307 e. The van der Waals surface area contributed by atoms with Crippen LogP contribution in [0.3, 0.4) is 0 Å². The van der Waals surface area contributed by atoms with E-state index >= 15 is 0 Å². The molecule has 128 valence electrons. The molecule has 0 aliphatic rings. The minimum Gasteiger partial charge on any atom is -0.497 e. The number of halogens is 1. The third kappa shape index (κ3) is 3.10. The lowest BCUT2D eigenvalue weighted by molar-refractivity contribution is -0.136. The van der Waals surface area contributed by atoms with Crippen LogP contribution < -0.4 is 4.74 Å². The van der Waals surface area contributed by atoms with Crippen molar-refractivity contribution < 1.29 is 19.4 Å². The first kappa shape index (κ1) is 15.7. The van der Waals surface area contributed by atoms with Gasteiger partial charge in [0.1, 0.15) is 5.75 Å². The Morgan fingerprint density at radius 3 is 2.60 bits per heavy atom. The summed E-state index contributed by atoms with van der Waals surface area (Å²) in [5.74, 6) is -0.331. The molecule has 6 heteroatoms. The van der Waals surface area contributed by atoms with Crippen molar-refractivity contribution in [2.24, 2.45) is 0 Å². The molecule has 25 heavy (non-hydrogen) atoms. The quantitative estimate of drug-likeness (QED) is 0.767. The minimum absolute atomic E-state index is 0.111. The Hall–Kier alpha value is -2.79. The summed E-state index contributed by atoms with van der Waals surface area (Å²) in [5, 5.41) is 5.30. The van der Waals surface area contributed by atoms with Crippen molar-refractivity contribution in [2.45, 2.75) is 13.3 Å². The van der Waals surface area contributed by atoms with Gasteiger partial charge in [0.2, 0.25) is 0 Å². The highest BCUT2D eigenvalue weighted by atomic mass is 35.5. The van der Waals surface area contributed by atoms with Crippen LogP contribution in [0, 0.1) is 6.92 Å². The number of benzene rings is 2. The van der Waals surface area contributed by atoms with Gasteiger partial charge in [-0.2, -0.15) is 0 Å². The second kappa shape index (κ2) is 6.61. The summed E-state index contributed by atoms with van der Waals surface area (Å²) >= 11 is 5.90. The average Bonchev–Trinajstić information content (AvgIpc) is 2.92. The molecule has 0 aliphatic carbocycles. The van der Waals surface area contributed by atoms with Gasteiger partial charge in [-0.1, -0.05) is 11.6 Å². The van der Waals surface area contributed by atoms with Gasteiger partial charge >= 0.3 is 5.97 Å². The number of nitrogens with zero attached hydrogens (tertiary/aromatic N) is 1. The average molecular weight is 359 g/mol. The van der Waals surface area contributed by atoms with E-state index in [1.165, 1.54) is 0 Å². The number of carbonyl (C=O) groups is 2. The molecule has 0 saturated heterocycles. The Bertz CT molecular complexity index is 995. The van der Waals surface area contributed by atoms with Gasteiger partial charge in [-0.25, -0.2) is 0 Å². The molecule has 0 saturated carbocycles. The van der Waals surface area contributed by atoms with Crippen molar-refractivity contribution in [3.8, 4) is 5.75 Å². The predicted molar refractivity (Wildman–Crippen MR) is 95.7 cm³/mol. The summed E-state index contributed by atoms with van der Waals surface area (Å²) in [6, 6.07) is 11.9. The highest BCUT2D eigenvalue weighted by Gasteiger charge is 2.21. The van der Waals surface area contributed by atoms with Crippen LogP contribution in [0.15, 0.2) is 42.5 Å². The Balaban J connectivity index is 2.21. The molecule has 3 rings (SSSR count). The third-order valence-electron chi connectivity index (χ3n) is 4.16. The maximum absolute atomic E-state index is 13.1. The van der Waals surface area contributed by atoms with Crippen LogP contribution in [-0.4, -0.2) is 28.7 Å². The number of hydrogen-bond acceptors (Lipinski definition) is 4. The van der Waals surface area contributed by atoms with Gasteiger partial charge in [0.05, 0.1) is 19.0 Å². The number of carbonyl (C=O) groups excluding carboxylic acids is 1. The van der Waals surface area contributed by atoms with Crippen molar-refractivity contribution in [2.75, 3.05) is 7.11 Å². The van der Waals surface area contributed by atoms with Gasteiger partial charge < -0.3 is 9.85 Å². The van der Waals surface area contributed by atoms with Gasteiger partial charge in [0.15, 0.2) is 0 Å². The molecule has 3 aromatic rings. The second-order valence-corrected chi connectivity index (χ2v) is 6.08. The number of carboxylic acids is 1. The van der Waals surface area contributed by atoms with E-state index in [1.54, 1.807) is 61.1 Å². The van der Waals surface area contributed by atoms with E-state index in [1.807, 2.05) is 0 Å². The van der Waals surface area contributed by atoms with Crippen molar-refractivity contribution >= 4 is 34.4 Å². The van der Waals surface area contributed by atoms with E-state index in [4.69, 9.17) is 17.8 Å². The summed E-state index contributed by atoms with van der Waals surface area (Å²) < 4.78 is 13.6. The fraction of sp³-hybridized carbons (Fsp3) is 0.158. The van der Waals surface area contributed by atoms with Crippen molar-refractivity contribution in [3.63, 3.8) is 0 Å². The summed E-state index contributed by atoms with van der Waals surface area (Å²) in [4.78, 5) is 24.7. The number of aromatic nitrogens is 1. The van der Waals surface area contributed by atoms with Crippen LogP contribution in [0.2, 0.25) is 5.02 Å². The topological polar surface area (TPSA) is 68.5 Å². The first-order chi connectivity index (χ1) is 12.5. The fourth-order valence-corrected chi connectivity index (χ4v) is 3.07. The summed E-state index contributed by atoms with van der Waals surface area (Å²) in [6.07, 6.45) is -0.111. The monoisotopic (exact) mass is 358 g/mol. The molecule has 0 radical (unpaired) electrons. The van der Waals surface area contributed by atoms with E-state index in [9.17, 15) is 9.59 Å². The molecule has 2 aromatic carbocycles. The zero-order chi connectivity index (χ0) is 18.8. The second-order valence-electron chi connectivity index (χ2n) is 5.64. The molecule has 0 aliphatic heterocycles. The smallest absolute Gasteiger partial charge is 0.307 e. The molecule has 1 N–H and O–H groups in total. The molecule has 0 bridgehead atoms. The summed E-state index contributed by atoms with van der Waals surface area (Å²) in [5.41, 5.74) is 2.35. The predicted octanol–water partition coefficient (Wildman–Crippen LogP) is 3.93. The van der Waals surface area contributed by atoms with Crippen LogP contribution >= 0.6 is 11.6 Å². The highest BCUT2D eigenvalue weighted by molar-refractivity contribution is 6.30.